The summed E-state index contributed by atoms with van der Waals surface area (Å²) in [6.45, 7) is 10.00. The van der Waals surface area contributed by atoms with Gasteiger partial charge in [0.1, 0.15) is 5.69 Å². The van der Waals surface area contributed by atoms with Crippen LogP contribution in [0.15, 0.2) is 30.5 Å². The van der Waals surface area contributed by atoms with E-state index in [-0.39, 0.29) is 49.1 Å². The van der Waals surface area contributed by atoms with Crippen molar-refractivity contribution in [3.63, 3.8) is 0 Å². The fourth-order valence-corrected chi connectivity index (χ4v) is 7.49. The quantitative estimate of drug-likeness (QED) is 0.393. The summed E-state index contributed by atoms with van der Waals surface area (Å²) in [6, 6.07) is 7.11. The summed E-state index contributed by atoms with van der Waals surface area (Å²) in [5.74, 6) is -0.630. The van der Waals surface area contributed by atoms with Gasteiger partial charge in [0.2, 0.25) is 0 Å². The van der Waals surface area contributed by atoms with E-state index in [1.807, 2.05) is 32.9 Å². The molecule has 1 aliphatic heterocycles. The number of benzene rings is 1. The molecule has 0 unspecified atom stereocenters. The number of β-amino-alcohol motifs (C(OH)–C–C–N with tert-alkyl or cyclic N) is 1. The molecule has 0 spiro atoms. The minimum atomic E-state index is -3.82. The number of sulfone groups is 1. The molecule has 1 aromatic carbocycles. The van der Waals surface area contributed by atoms with E-state index in [4.69, 9.17) is 11.6 Å². The SMILES string of the molecule is CC(C)(C)NC[C@H](O)C(C)(C)S(=O)(=O)C1(CN2CCn3c(cnc3C(=O)NCc3ccc(Cl)cc3)C2=O)CC1. The number of carbonyl (C=O) groups is 2. The molecule has 2 amide bonds. The molecule has 1 atom stereocenters. The standard InChI is InChI=1S/C27H38ClN5O5S/c1-25(2,3)31-16-21(34)26(4,5)39(37,38)27(10-11-27)17-32-12-13-33-20(24(32)36)15-29-22(33)23(35)30-14-18-6-8-19(28)9-7-18/h6-9,15,21,31,34H,10-14,16-17H2,1-5H3,(H,30,35)/t21-/m0/s1. The zero-order valence-electron chi connectivity index (χ0n) is 23.1. The number of fused-ring (bicyclic) bond motifs is 1. The highest BCUT2D eigenvalue weighted by Gasteiger charge is 2.62. The van der Waals surface area contributed by atoms with Crippen LogP contribution >= 0.6 is 11.6 Å². The van der Waals surface area contributed by atoms with Crippen molar-refractivity contribution in [2.45, 2.75) is 81.7 Å². The number of aromatic nitrogens is 2. The summed E-state index contributed by atoms with van der Waals surface area (Å²) in [4.78, 5) is 31.9. The van der Waals surface area contributed by atoms with Crippen LogP contribution in [-0.4, -0.2) is 80.6 Å². The second-order valence-electron chi connectivity index (χ2n) is 12.1. The van der Waals surface area contributed by atoms with Gasteiger partial charge in [-0.15, -0.1) is 0 Å². The van der Waals surface area contributed by atoms with Crippen molar-refractivity contribution >= 4 is 33.3 Å². The monoisotopic (exact) mass is 579 g/mol. The van der Waals surface area contributed by atoms with E-state index in [0.717, 1.165) is 5.56 Å². The molecule has 10 nitrogen and oxygen atoms in total. The largest absolute Gasteiger partial charge is 0.390 e. The van der Waals surface area contributed by atoms with Crippen molar-refractivity contribution in [2.75, 3.05) is 19.6 Å². The Kier molecular flexibility index (Phi) is 7.94. The maximum atomic E-state index is 13.8. The Morgan fingerprint density at radius 2 is 1.79 bits per heavy atom. The molecule has 2 heterocycles. The lowest BCUT2D eigenvalue weighted by Gasteiger charge is -2.38. The Morgan fingerprint density at radius 1 is 1.15 bits per heavy atom. The number of aliphatic hydroxyl groups is 1. The van der Waals surface area contributed by atoms with Gasteiger partial charge in [-0.25, -0.2) is 13.4 Å². The van der Waals surface area contributed by atoms with E-state index in [0.29, 0.717) is 24.4 Å². The predicted molar refractivity (Wildman–Crippen MR) is 149 cm³/mol. The Balaban J connectivity index is 1.44. The van der Waals surface area contributed by atoms with Crippen LogP contribution in [0.25, 0.3) is 0 Å². The Bertz CT molecular complexity index is 1340. The maximum Gasteiger partial charge on any atom is 0.287 e. The van der Waals surface area contributed by atoms with Crippen LogP contribution in [-0.2, 0) is 22.9 Å². The average molecular weight is 580 g/mol. The van der Waals surface area contributed by atoms with Crippen molar-refractivity contribution in [3.05, 3.63) is 52.6 Å². The Hall–Kier alpha value is -2.47. The molecule has 4 rings (SSSR count). The molecule has 0 saturated heterocycles. The van der Waals surface area contributed by atoms with Gasteiger partial charge in [-0.2, -0.15) is 0 Å². The minimum Gasteiger partial charge on any atom is -0.390 e. The van der Waals surface area contributed by atoms with Gasteiger partial charge >= 0.3 is 0 Å². The van der Waals surface area contributed by atoms with Crippen LogP contribution in [0, 0.1) is 0 Å². The zero-order valence-corrected chi connectivity index (χ0v) is 24.7. The molecule has 3 N–H and O–H groups in total. The number of aliphatic hydroxyl groups excluding tert-OH is 1. The second-order valence-corrected chi connectivity index (χ2v) is 15.5. The maximum absolute atomic E-state index is 13.8. The van der Waals surface area contributed by atoms with E-state index in [1.54, 1.807) is 30.5 Å². The molecule has 1 aliphatic carbocycles. The molecule has 2 aromatic rings. The molecule has 39 heavy (non-hydrogen) atoms. The van der Waals surface area contributed by atoms with E-state index in [1.165, 1.54) is 11.1 Å². The Labute approximate surface area is 235 Å². The molecule has 0 bridgehead atoms. The minimum absolute atomic E-state index is 0.0420. The third kappa shape index (κ3) is 5.86. The highest BCUT2D eigenvalue weighted by atomic mass is 35.5. The summed E-state index contributed by atoms with van der Waals surface area (Å²) in [6.07, 6.45) is 1.11. The number of halogens is 1. The molecule has 2 aliphatic rings. The number of nitrogens with zero attached hydrogens (tertiary/aromatic N) is 3. The molecule has 1 saturated carbocycles. The number of hydrogen-bond donors (Lipinski definition) is 3. The summed E-state index contributed by atoms with van der Waals surface area (Å²) in [7, 11) is -3.82. The van der Waals surface area contributed by atoms with Crippen molar-refractivity contribution in [1.82, 2.24) is 25.1 Å². The molecular formula is C27H38ClN5O5S. The second kappa shape index (κ2) is 10.5. The van der Waals surface area contributed by atoms with E-state index >= 15 is 0 Å². The molecule has 12 heteroatoms. The number of amides is 2. The van der Waals surface area contributed by atoms with Crippen LogP contribution in [0.2, 0.25) is 5.02 Å². The predicted octanol–water partition coefficient (Wildman–Crippen LogP) is 2.40. The first kappa shape index (κ1) is 29.5. The lowest BCUT2D eigenvalue weighted by Crippen LogP contribution is -2.57. The average Bonchev–Trinajstić information content (AvgIpc) is 3.53. The van der Waals surface area contributed by atoms with E-state index in [2.05, 4.69) is 15.6 Å². The smallest absolute Gasteiger partial charge is 0.287 e. The summed E-state index contributed by atoms with van der Waals surface area (Å²) in [5.41, 5.74) is 0.853. The van der Waals surface area contributed by atoms with Gasteiger partial charge in [0.05, 0.1) is 21.8 Å². The van der Waals surface area contributed by atoms with Crippen LogP contribution in [0.1, 0.15) is 74.1 Å². The summed E-state index contributed by atoms with van der Waals surface area (Å²) in [5, 5.41) is 17.5. The first-order valence-corrected chi connectivity index (χ1v) is 15.0. The van der Waals surface area contributed by atoms with Gasteiger partial charge < -0.3 is 25.2 Å². The number of carbonyl (C=O) groups excluding carboxylic acids is 2. The topological polar surface area (TPSA) is 134 Å². The van der Waals surface area contributed by atoms with Crippen molar-refractivity contribution < 1.29 is 23.1 Å². The third-order valence-corrected chi connectivity index (χ3v) is 11.3. The molecular weight excluding hydrogens is 542 g/mol. The molecule has 1 aromatic heterocycles. The van der Waals surface area contributed by atoms with Gasteiger partial charge in [0.15, 0.2) is 15.7 Å². The third-order valence-electron chi connectivity index (χ3n) is 7.70. The summed E-state index contributed by atoms with van der Waals surface area (Å²) < 4.78 is 26.7. The lowest BCUT2D eigenvalue weighted by molar-refractivity contribution is 0.0697. The van der Waals surface area contributed by atoms with Crippen LogP contribution < -0.4 is 10.6 Å². The van der Waals surface area contributed by atoms with Crippen molar-refractivity contribution in [3.8, 4) is 0 Å². The molecule has 214 valence electrons. The molecule has 0 radical (unpaired) electrons. The Morgan fingerprint density at radius 3 is 2.38 bits per heavy atom. The highest BCUT2D eigenvalue weighted by Crippen LogP contribution is 2.50. The van der Waals surface area contributed by atoms with E-state index in [9.17, 15) is 23.1 Å². The summed E-state index contributed by atoms with van der Waals surface area (Å²) >= 11 is 5.91. The normalized spacial score (nSPS) is 18.0. The zero-order chi connectivity index (χ0) is 28.8. The van der Waals surface area contributed by atoms with Crippen molar-refractivity contribution in [2.24, 2.45) is 0 Å². The highest BCUT2D eigenvalue weighted by molar-refractivity contribution is 7.94. The fourth-order valence-electron chi connectivity index (χ4n) is 4.84. The number of imidazole rings is 1. The lowest BCUT2D eigenvalue weighted by atomic mass is 10.0. The van der Waals surface area contributed by atoms with E-state index < -0.39 is 31.3 Å². The van der Waals surface area contributed by atoms with Crippen molar-refractivity contribution in [1.29, 1.82) is 0 Å². The van der Waals surface area contributed by atoms with Gasteiger partial charge in [-0.1, -0.05) is 23.7 Å². The van der Waals surface area contributed by atoms with Gasteiger partial charge in [0.25, 0.3) is 11.8 Å². The van der Waals surface area contributed by atoms with Crippen LogP contribution in [0.4, 0.5) is 0 Å². The molecule has 1 fully saturated rings. The number of rotatable bonds is 10. The van der Waals surface area contributed by atoms with Gasteiger partial charge in [0, 0.05) is 43.3 Å². The fraction of sp³-hybridized carbons (Fsp3) is 0.593. The van der Waals surface area contributed by atoms with Crippen LogP contribution in [0.3, 0.4) is 0 Å². The number of hydrogen-bond acceptors (Lipinski definition) is 7. The van der Waals surface area contributed by atoms with Gasteiger partial charge in [-0.3, -0.25) is 9.59 Å². The number of nitrogens with one attached hydrogen (secondary N) is 2. The first-order valence-electron chi connectivity index (χ1n) is 13.1. The van der Waals surface area contributed by atoms with Crippen LogP contribution in [0.5, 0.6) is 0 Å². The first-order chi connectivity index (χ1) is 18.1. The van der Waals surface area contributed by atoms with Gasteiger partial charge in [-0.05, 0) is 65.2 Å².